The summed E-state index contributed by atoms with van der Waals surface area (Å²) >= 11 is 1.42. The number of nitrogens with one attached hydrogen (secondary N) is 2. The van der Waals surface area contributed by atoms with Gasteiger partial charge in [-0.25, -0.2) is 4.98 Å². The van der Waals surface area contributed by atoms with Crippen LogP contribution in [-0.2, 0) is 5.75 Å². The third-order valence-electron chi connectivity index (χ3n) is 2.74. The lowest BCUT2D eigenvalue weighted by molar-refractivity contribution is -0.384. The molecule has 9 nitrogen and oxygen atoms in total. The van der Waals surface area contributed by atoms with Crippen LogP contribution in [0.3, 0.4) is 0 Å². The Balaban J connectivity index is 2.30. The van der Waals surface area contributed by atoms with Gasteiger partial charge in [0.15, 0.2) is 0 Å². The molecule has 2 rings (SSSR count). The molecule has 23 heavy (non-hydrogen) atoms. The molecule has 0 fully saturated rings. The molecule has 120 valence electrons. The summed E-state index contributed by atoms with van der Waals surface area (Å²) < 4.78 is 0. The van der Waals surface area contributed by atoms with Crippen LogP contribution in [0.25, 0.3) is 0 Å². The quantitative estimate of drug-likeness (QED) is 0.427. The Morgan fingerprint density at radius 3 is 2.87 bits per heavy atom. The zero-order valence-corrected chi connectivity index (χ0v) is 12.7. The Bertz CT molecular complexity index is 820. The minimum atomic E-state index is -0.755. The minimum absolute atomic E-state index is 0.141. The molecule has 0 spiro atoms. The van der Waals surface area contributed by atoms with Crippen molar-refractivity contribution in [3.63, 3.8) is 0 Å². The lowest BCUT2D eigenvalue weighted by Gasteiger charge is -2.07. The van der Waals surface area contributed by atoms with Crippen molar-refractivity contribution in [1.29, 1.82) is 0 Å². The molecule has 1 aromatic heterocycles. The lowest BCUT2D eigenvalue weighted by Crippen LogP contribution is -2.20. The zero-order valence-electron chi connectivity index (χ0n) is 11.9. The van der Waals surface area contributed by atoms with E-state index < -0.39 is 16.4 Å². The highest BCUT2D eigenvalue weighted by Gasteiger charge is 2.15. The summed E-state index contributed by atoms with van der Waals surface area (Å²) in [6, 6.07) is 4.22. The van der Waals surface area contributed by atoms with Gasteiger partial charge in [0, 0.05) is 18.2 Å². The molecule has 1 aromatic carbocycles. The Morgan fingerprint density at radius 2 is 2.22 bits per heavy atom. The molecule has 10 heteroatoms. The van der Waals surface area contributed by atoms with Crippen LogP contribution in [0.2, 0.25) is 0 Å². The number of phenols is 1. The van der Waals surface area contributed by atoms with Gasteiger partial charge in [-0.05, 0) is 12.3 Å². The summed E-state index contributed by atoms with van der Waals surface area (Å²) in [5.74, 6) is -0.343. The zero-order chi connectivity index (χ0) is 17.0. The van der Waals surface area contributed by atoms with Gasteiger partial charge in [0.2, 0.25) is 0 Å². The number of aromatic hydroxyl groups is 1. The van der Waals surface area contributed by atoms with Gasteiger partial charge in [0.05, 0.1) is 16.4 Å². The van der Waals surface area contributed by atoms with E-state index in [0.29, 0.717) is 11.6 Å². The van der Waals surface area contributed by atoms with Gasteiger partial charge in [0.1, 0.15) is 17.3 Å². The SMILES string of the molecule is CSCc1nc(C(=O)Nc2cc([N+](=O)[O-])ccc2O)cc(=O)[nH]1. The highest BCUT2D eigenvalue weighted by molar-refractivity contribution is 7.97. The first-order valence-corrected chi connectivity index (χ1v) is 7.68. The number of H-pyrrole nitrogens is 1. The second-order valence-electron chi connectivity index (χ2n) is 4.42. The van der Waals surface area contributed by atoms with Crippen molar-refractivity contribution in [1.82, 2.24) is 9.97 Å². The van der Waals surface area contributed by atoms with E-state index in [-0.39, 0.29) is 22.8 Å². The van der Waals surface area contributed by atoms with Crippen LogP contribution in [0.15, 0.2) is 29.1 Å². The predicted molar refractivity (Wildman–Crippen MR) is 84.8 cm³/mol. The Kier molecular flexibility index (Phi) is 4.96. The van der Waals surface area contributed by atoms with Gasteiger partial charge in [-0.2, -0.15) is 11.8 Å². The normalized spacial score (nSPS) is 10.3. The first-order chi connectivity index (χ1) is 10.9. The predicted octanol–water partition coefficient (Wildman–Crippen LogP) is 1.50. The smallest absolute Gasteiger partial charge is 0.274 e. The maximum Gasteiger partial charge on any atom is 0.274 e. The number of anilines is 1. The van der Waals surface area contributed by atoms with Crippen LogP contribution in [0, 0.1) is 10.1 Å². The van der Waals surface area contributed by atoms with Crippen molar-refractivity contribution in [3.8, 4) is 5.75 Å². The number of carbonyl (C=O) groups excluding carboxylic acids is 1. The lowest BCUT2D eigenvalue weighted by atomic mass is 10.2. The Labute approximate surface area is 133 Å². The van der Waals surface area contributed by atoms with Gasteiger partial charge in [-0.15, -0.1) is 0 Å². The highest BCUT2D eigenvalue weighted by atomic mass is 32.2. The van der Waals surface area contributed by atoms with E-state index in [4.69, 9.17) is 0 Å². The average Bonchev–Trinajstić information content (AvgIpc) is 2.49. The number of nitro groups is 1. The summed E-state index contributed by atoms with van der Waals surface area (Å²) in [6.07, 6.45) is 1.81. The van der Waals surface area contributed by atoms with Gasteiger partial charge >= 0.3 is 0 Å². The van der Waals surface area contributed by atoms with Gasteiger partial charge in [0.25, 0.3) is 17.2 Å². The largest absolute Gasteiger partial charge is 0.506 e. The molecule has 2 aromatic rings. The maximum absolute atomic E-state index is 12.1. The van der Waals surface area contributed by atoms with Gasteiger partial charge < -0.3 is 15.4 Å². The fourth-order valence-corrected chi connectivity index (χ4v) is 2.16. The van der Waals surface area contributed by atoms with Gasteiger partial charge in [-0.3, -0.25) is 19.7 Å². The van der Waals surface area contributed by atoms with Crippen LogP contribution in [-0.4, -0.2) is 32.2 Å². The number of benzene rings is 1. The Hall–Kier alpha value is -2.88. The number of thioether (sulfide) groups is 1. The number of nitro benzene ring substituents is 1. The second kappa shape index (κ2) is 6.92. The van der Waals surface area contributed by atoms with E-state index in [1.807, 2.05) is 6.26 Å². The first kappa shape index (κ1) is 16.5. The van der Waals surface area contributed by atoms with E-state index in [9.17, 15) is 24.8 Å². The van der Waals surface area contributed by atoms with Crippen LogP contribution in [0.4, 0.5) is 11.4 Å². The molecule has 0 bridgehead atoms. The summed E-state index contributed by atoms with van der Waals surface area (Å²) in [6.45, 7) is 0. The molecule has 0 saturated heterocycles. The number of hydrogen-bond donors (Lipinski definition) is 3. The third-order valence-corrected chi connectivity index (χ3v) is 3.31. The van der Waals surface area contributed by atoms with E-state index in [1.54, 1.807) is 0 Å². The van der Waals surface area contributed by atoms with E-state index in [0.717, 1.165) is 24.3 Å². The Morgan fingerprint density at radius 1 is 1.48 bits per heavy atom. The molecular formula is C13H12N4O5S. The van der Waals surface area contributed by atoms with E-state index in [2.05, 4.69) is 15.3 Å². The summed E-state index contributed by atoms with van der Waals surface area (Å²) in [5, 5.41) is 22.7. The number of rotatable bonds is 5. The van der Waals surface area contributed by atoms with Crippen LogP contribution >= 0.6 is 11.8 Å². The first-order valence-electron chi connectivity index (χ1n) is 6.28. The standard InChI is InChI=1S/C13H12N4O5S/c1-23-6-11-14-9(5-12(19)16-11)13(20)15-8-4-7(17(21)22)2-3-10(8)18/h2-5,18H,6H2,1H3,(H,15,20)(H,14,16,19). The molecule has 1 heterocycles. The molecule has 0 aliphatic rings. The average molecular weight is 336 g/mol. The molecule has 1 amide bonds. The monoisotopic (exact) mass is 336 g/mol. The van der Waals surface area contributed by atoms with Crippen molar-refractivity contribution in [3.05, 3.63) is 56.3 Å². The number of carbonyl (C=O) groups is 1. The van der Waals surface area contributed by atoms with Crippen LogP contribution in [0.5, 0.6) is 5.75 Å². The van der Waals surface area contributed by atoms with Crippen molar-refractivity contribution in [2.75, 3.05) is 11.6 Å². The number of phenolic OH excluding ortho intramolecular Hbond substituents is 1. The molecule has 0 atom stereocenters. The summed E-state index contributed by atoms with van der Waals surface area (Å²) in [7, 11) is 0. The third kappa shape index (κ3) is 4.07. The van der Waals surface area contributed by atoms with Crippen molar-refractivity contribution in [2.24, 2.45) is 0 Å². The topological polar surface area (TPSA) is 138 Å². The van der Waals surface area contributed by atoms with Crippen molar-refractivity contribution in [2.45, 2.75) is 5.75 Å². The molecule has 0 aliphatic carbocycles. The molecule has 0 saturated carbocycles. The van der Waals surface area contributed by atoms with Crippen molar-refractivity contribution >= 4 is 29.0 Å². The number of hydrogen-bond acceptors (Lipinski definition) is 7. The molecular weight excluding hydrogens is 324 g/mol. The summed E-state index contributed by atoms with van der Waals surface area (Å²) in [5.41, 5.74) is -1.07. The fourth-order valence-electron chi connectivity index (χ4n) is 1.75. The number of amides is 1. The highest BCUT2D eigenvalue weighted by Crippen LogP contribution is 2.28. The molecule has 0 unspecified atom stereocenters. The number of aromatic amines is 1. The maximum atomic E-state index is 12.1. The number of non-ortho nitro benzene ring substituents is 1. The van der Waals surface area contributed by atoms with Crippen molar-refractivity contribution < 1.29 is 14.8 Å². The number of aromatic nitrogens is 2. The summed E-state index contributed by atoms with van der Waals surface area (Å²) in [4.78, 5) is 40.2. The van der Waals surface area contributed by atoms with Crippen LogP contribution in [0.1, 0.15) is 16.3 Å². The van der Waals surface area contributed by atoms with Gasteiger partial charge in [-0.1, -0.05) is 0 Å². The van der Waals surface area contributed by atoms with E-state index >= 15 is 0 Å². The second-order valence-corrected chi connectivity index (χ2v) is 5.29. The minimum Gasteiger partial charge on any atom is -0.506 e. The molecule has 0 radical (unpaired) electrons. The fraction of sp³-hybridized carbons (Fsp3) is 0.154. The molecule has 0 aliphatic heterocycles. The molecule has 3 N–H and O–H groups in total. The van der Waals surface area contributed by atoms with E-state index in [1.165, 1.54) is 11.8 Å². The number of nitrogens with zero attached hydrogens (tertiary/aromatic N) is 2. The van der Waals surface area contributed by atoms with Crippen LogP contribution < -0.4 is 10.9 Å².